The average molecular weight is 297 g/mol. The van der Waals surface area contributed by atoms with Crippen molar-refractivity contribution in [2.75, 3.05) is 0 Å². The van der Waals surface area contributed by atoms with Crippen molar-refractivity contribution in [2.45, 2.75) is 18.9 Å². The first-order chi connectivity index (χ1) is 10.1. The second-order valence-electron chi connectivity index (χ2n) is 5.57. The van der Waals surface area contributed by atoms with Crippen LogP contribution < -0.4 is 5.73 Å². The van der Waals surface area contributed by atoms with Crippen LogP contribution in [0.4, 0.5) is 0 Å². The largest absolute Gasteiger partial charge is 0.321 e. The van der Waals surface area contributed by atoms with Crippen molar-refractivity contribution >= 4 is 22.5 Å². The normalized spacial score (nSPS) is 14.0. The first-order valence-electron chi connectivity index (χ1n) is 6.95. The zero-order valence-corrected chi connectivity index (χ0v) is 12.6. The SMILES string of the molecule is CC(N)(Cc1ccc2ccccc2n1)c1ccccc1Cl. The minimum absolute atomic E-state index is 0.548. The summed E-state index contributed by atoms with van der Waals surface area (Å²) < 4.78 is 0. The molecule has 2 nitrogen and oxygen atoms in total. The van der Waals surface area contributed by atoms with Gasteiger partial charge < -0.3 is 5.73 Å². The van der Waals surface area contributed by atoms with Crippen molar-refractivity contribution in [1.82, 2.24) is 4.98 Å². The van der Waals surface area contributed by atoms with Gasteiger partial charge in [0.05, 0.1) is 5.52 Å². The van der Waals surface area contributed by atoms with Crippen molar-refractivity contribution in [2.24, 2.45) is 5.73 Å². The number of para-hydroxylation sites is 1. The number of aromatic nitrogens is 1. The Morgan fingerprint density at radius 1 is 1.00 bits per heavy atom. The molecule has 0 spiro atoms. The Hall–Kier alpha value is -1.90. The highest BCUT2D eigenvalue weighted by atomic mass is 35.5. The minimum atomic E-state index is -0.548. The van der Waals surface area contributed by atoms with Gasteiger partial charge in [-0.25, -0.2) is 0 Å². The maximum Gasteiger partial charge on any atom is 0.0705 e. The Labute approximate surface area is 129 Å². The summed E-state index contributed by atoms with van der Waals surface area (Å²) in [5.41, 5.74) is 8.85. The van der Waals surface area contributed by atoms with E-state index >= 15 is 0 Å². The average Bonchev–Trinajstić information content (AvgIpc) is 2.47. The second-order valence-corrected chi connectivity index (χ2v) is 5.98. The third-order valence-corrected chi connectivity index (χ3v) is 4.02. The van der Waals surface area contributed by atoms with E-state index in [0.29, 0.717) is 11.4 Å². The second kappa shape index (κ2) is 5.47. The standard InChI is InChI=1S/C18H17ClN2/c1-18(20,15-7-3-4-8-16(15)19)12-14-11-10-13-6-2-5-9-17(13)21-14/h2-11H,12,20H2,1H3. The number of rotatable bonds is 3. The van der Waals surface area contributed by atoms with Crippen molar-refractivity contribution < 1.29 is 0 Å². The molecule has 106 valence electrons. The molecular formula is C18H17ClN2. The van der Waals surface area contributed by atoms with Gasteiger partial charge in [-0.1, -0.05) is 54.1 Å². The summed E-state index contributed by atoms with van der Waals surface area (Å²) in [6, 6.07) is 19.9. The molecule has 3 heteroatoms. The van der Waals surface area contributed by atoms with Crippen LogP contribution in [0.15, 0.2) is 60.7 Å². The fraction of sp³-hybridized carbons (Fsp3) is 0.167. The molecule has 0 bridgehead atoms. The van der Waals surface area contributed by atoms with Gasteiger partial charge in [-0.2, -0.15) is 0 Å². The van der Waals surface area contributed by atoms with Gasteiger partial charge in [0, 0.05) is 28.1 Å². The number of nitrogens with zero attached hydrogens (tertiary/aromatic N) is 1. The van der Waals surface area contributed by atoms with Crippen LogP contribution in [0.3, 0.4) is 0 Å². The maximum absolute atomic E-state index is 6.49. The molecule has 2 N–H and O–H groups in total. The molecule has 0 saturated carbocycles. The van der Waals surface area contributed by atoms with Crippen molar-refractivity contribution in [3.05, 3.63) is 76.9 Å². The fourth-order valence-electron chi connectivity index (χ4n) is 2.60. The molecule has 1 aromatic heterocycles. The lowest BCUT2D eigenvalue weighted by atomic mass is 9.88. The lowest BCUT2D eigenvalue weighted by Gasteiger charge is -2.26. The van der Waals surface area contributed by atoms with Crippen LogP contribution in [-0.2, 0) is 12.0 Å². The molecule has 0 saturated heterocycles. The number of fused-ring (bicyclic) bond motifs is 1. The van der Waals surface area contributed by atoms with Gasteiger partial charge in [-0.3, -0.25) is 4.98 Å². The van der Waals surface area contributed by atoms with Gasteiger partial charge in [0.25, 0.3) is 0 Å². The Bertz CT molecular complexity index is 781. The molecule has 3 aromatic rings. The maximum atomic E-state index is 6.49. The smallest absolute Gasteiger partial charge is 0.0705 e. The van der Waals surface area contributed by atoms with Gasteiger partial charge in [0.15, 0.2) is 0 Å². The van der Waals surface area contributed by atoms with E-state index in [-0.39, 0.29) is 0 Å². The van der Waals surface area contributed by atoms with Gasteiger partial charge >= 0.3 is 0 Å². The van der Waals surface area contributed by atoms with E-state index in [0.717, 1.165) is 22.2 Å². The highest BCUT2D eigenvalue weighted by molar-refractivity contribution is 6.31. The number of halogens is 1. The van der Waals surface area contributed by atoms with E-state index in [2.05, 4.69) is 12.1 Å². The lowest BCUT2D eigenvalue weighted by Crippen LogP contribution is -2.36. The van der Waals surface area contributed by atoms with Crippen molar-refractivity contribution in [1.29, 1.82) is 0 Å². The van der Waals surface area contributed by atoms with E-state index < -0.39 is 5.54 Å². The molecule has 3 rings (SSSR count). The summed E-state index contributed by atoms with van der Waals surface area (Å²) in [5, 5.41) is 1.83. The lowest BCUT2D eigenvalue weighted by molar-refractivity contribution is 0.486. The summed E-state index contributed by atoms with van der Waals surface area (Å²) in [4.78, 5) is 4.69. The van der Waals surface area contributed by atoms with E-state index in [1.807, 2.05) is 55.5 Å². The minimum Gasteiger partial charge on any atom is -0.321 e. The molecule has 0 fully saturated rings. The molecule has 0 aliphatic carbocycles. The summed E-state index contributed by atoms with van der Waals surface area (Å²) in [5.74, 6) is 0. The Kier molecular flexibility index (Phi) is 3.66. The van der Waals surface area contributed by atoms with Gasteiger partial charge in [0.2, 0.25) is 0 Å². The summed E-state index contributed by atoms with van der Waals surface area (Å²) in [7, 11) is 0. The molecule has 1 atom stereocenters. The van der Waals surface area contributed by atoms with E-state index in [4.69, 9.17) is 22.3 Å². The van der Waals surface area contributed by atoms with E-state index in [1.165, 1.54) is 0 Å². The van der Waals surface area contributed by atoms with Crippen LogP contribution in [0.2, 0.25) is 5.02 Å². The summed E-state index contributed by atoms with van der Waals surface area (Å²) >= 11 is 6.27. The van der Waals surface area contributed by atoms with Crippen molar-refractivity contribution in [3.63, 3.8) is 0 Å². The molecule has 0 amide bonds. The number of nitrogens with two attached hydrogens (primary N) is 1. The van der Waals surface area contributed by atoms with Crippen molar-refractivity contribution in [3.8, 4) is 0 Å². The topological polar surface area (TPSA) is 38.9 Å². The number of hydrogen-bond acceptors (Lipinski definition) is 2. The van der Waals surface area contributed by atoms with E-state index in [1.54, 1.807) is 0 Å². The molecule has 0 aliphatic heterocycles. The zero-order valence-electron chi connectivity index (χ0n) is 11.9. The fourth-order valence-corrected chi connectivity index (χ4v) is 2.95. The summed E-state index contributed by atoms with van der Waals surface area (Å²) in [6.45, 7) is 1.99. The van der Waals surface area contributed by atoms with Crippen LogP contribution in [0.5, 0.6) is 0 Å². The number of pyridine rings is 1. The highest BCUT2D eigenvalue weighted by Crippen LogP contribution is 2.28. The number of benzene rings is 2. The molecule has 2 aromatic carbocycles. The quantitative estimate of drug-likeness (QED) is 0.782. The molecule has 0 radical (unpaired) electrons. The predicted octanol–water partition coefficient (Wildman–Crippen LogP) is 4.30. The molecule has 21 heavy (non-hydrogen) atoms. The van der Waals surface area contributed by atoms with Crippen LogP contribution in [0.25, 0.3) is 10.9 Å². The molecule has 1 heterocycles. The van der Waals surface area contributed by atoms with Gasteiger partial charge in [-0.05, 0) is 30.7 Å². The van der Waals surface area contributed by atoms with E-state index in [9.17, 15) is 0 Å². The van der Waals surface area contributed by atoms with Gasteiger partial charge in [0.1, 0.15) is 0 Å². The monoisotopic (exact) mass is 296 g/mol. The third-order valence-electron chi connectivity index (χ3n) is 3.69. The third kappa shape index (κ3) is 2.92. The molecule has 0 aliphatic rings. The number of hydrogen-bond donors (Lipinski definition) is 1. The van der Waals surface area contributed by atoms with Crippen LogP contribution in [0.1, 0.15) is 18.2 Å². The first kappa shape index (κ1) is 14.1. The predicted molar refractivity (Wildman–Crippen MR) is 88.4 cm³/mol. The molecule has 1 unspecified atom stereocenters. The van der Waals surface area contributed by atoms with Crippen LogP contribution in [-0.4, -0.2) is 4.98 Å². The molecular weight excluding hydrogens is 280 g/mol. The Morgan fingerprint density at radius 2 is 1.71 bits per heavy atom. The van der Waals surface area contributed by atoms with Gasteiger partial charge in [-0.15, -0.1) is 0 Å². The first-order valence-corrected chi connectivity index (χ1v) is 7.33. The Morgan fingerprint density at radius 3 is 2.52 bits per heavy atom. The zero-order chi connectivity index (χ0) is 14.9. The van der Waals surface area contributed by atoms with Crippen LogP contribution >= 0.6 is 11.6 Å². The van der Waals surface area contributed by atoms with Crippen LogP contribution in [0, 0.1) is 0 Å². The summed E-state index contributed by atoms with van der Waals surface area (Å²) in [6.07, 6.45) is 0.640. The highest BCUT2D eigenvalue weighted by Gasteiger charge is 2.24. The Balaban J connectivity index is 1.95.